The van der Waals surface area contributed by atoms with Gasteiger partial charge in [-0.05, 0) is 94.9 Å². The van der Waals surface area contributed by atoms with Crippen LogP contribution in [0, 0.1) is 11.3 Å². The van der Waals surface area contributed by atoms with Gasteiger partial charge in [0.05, 0.1) is 19.3 Å². The Hall–Kier alpha value is -2.92. The lowest BCUT2D eigenvalue weighted by Crippen LogP contribution is -2.45. The van der Waals surface area contributed by atoms with E-state index in [4.69, 9.17) is 14.2 Å². The summed E-state index contributed by atoms with van der Waals surface area (Å²) in [4.78, 5) is 27.0. The van der Waals surface area contributed by atoms with Crippen molar-refractivity contribution in [3.63, 3.8) is 0 Å². The van der Waals surface area contributed by atoms with Crippen LogP contribution in [0.5, 0.6) is 11.5 Å². The predicted molar refractivity (Wildman–Crippen MR) is 176 cm³/mol. The Morgan fingerprint density at radius 1 is 0.977 bits per heavy atom. The van der Waals surface area contributed by atoms with Crippen molar-refractivity contribution >= 4 is 11.6 Å². The minimum absolute atomic E-state index is 0.00309. The minimum atomic E-state index is -0.205. The average molecular weight is 591 g/mol. The van der Waals surface area contributed by atoms with Gasteiger partial charge in [-0.1, -0.05) is 69.7 Å². The van der Waals surface area contributed by atoms with E-state index < -0.39 is 0 Å². The standard InChI is InChI=1S/C38H54O5/c1-10-41-31-23-38(24-31,26(4)5)25-33(40)32(19-16-20-37(8,9)30-17-14-13-15-18-30)27(6)29-21-34(42-11-2)36(28(7)39)35(22-29)43-12-3/h13-15,17-18,21-22,27,31-32H,4,10-12,16,19-20,23-25H2,1-3,5-9H3/t27-,31?,32?,38?/m1/s1. The van der Waals surface area contributed by atoms with Gasteiger partial charge in [0.15, 0.2) is 5.78 Å². The minimum Gasteiger partial charge on any atom is -0.493 e. The number of ether oxygens (including phenoxy) is 3. The molecule has 0 aliphatic heterocycles. The maximum atomic E-state index is 14.4. The first-order chi connectivity index (χ1) is 20.4. The van der Waals surface area contributed by atoms with E-state index in [1.165, 1.54) is 12.5 Å². The molecule has 0 amide bonds. The molecular formula is C38H54O5. The summed E-state index contributed by atoms with van der Waals surface area (Å²) in [5.74, 6) is 0.943. The monoisotopic (exact) mass is 590 g/mol. The summed E-state index contributed by atoms with van der Waals surface area (Å²) >= 11 is 0. The number of carbonyl (C=O) groups is 2. The van der Waals surface area contributed by atoms with E-state index in [0.29, 0.717) is 43.3 Å². The molecule has 0 aromatic heterocycles. The lowest BCUT2D eigenvalue weighted by Gasteiger charge is -2.48. The molecule has 2 aromatic carbocycles. The summed E-state index contributed by atoms with van der Waals surface area (Å²) in [7, 11) is 0. The normalized spacial score (nSPS) is 19.7. The van der Waals surface area contributed by atoms with Gasteiger partial charge in [0.25, 0.3) is 0 Å². The summed E-state index contributed by atoms with van der Waals surface area (Å²) in [6.07, 6.45) is 5.04. The number of carbonyl (C=O) groups excluding carboxylic acids is 2. The molecule has 5 nitrogen and oxygen atoms in total. The van der Waals surface area contributed by atoms with Gasteiger partial charge in [0.1, 0.15) is 22.8 Å². The molecular weight excluding hydrogens is 536 g/mol. The zero-order valence-corrected chi connectivity index (χ0v) is 27.9. The fourth-order valence-electron chi connectivity index (χ4n) is 6.75. The van der Waals surface area contributed by atoms with E-state index in [9.17, 15) is 9.59 Å². The van der Waals surface area contributed by atoms with E-state index in [0.717, 1.165) is 43.2 Å². The Labute approximate surface area is 260 Å². The van der Waals surface area contributed by atoms with Crippen LogP contribution in [0.2, 0.25) is 0 Å². The maximum Gasteiger partial charge on any atom is 0.167 e. The molecule has 0 saturated heterocycles. The number of rotatable bonds is 18. The third kappa shape index (κ3) is 8.38. The third-order valence-electron chi connectivity index (χ3n) is 9.51. The molecule has 0 radical (unpaired) electrons. The molecule has 1 saturated carbocycles. The van der Waals surface area contributed by atoms with Gasteiger partial charge >= 0.3 is 0 Å². The van der Waals surface area contributed by atoms with Crippen LogP contribution < -0.4 is 9.47 Å². The van der Waals surface area contributed by atoms with E-state index in [-0.39, 0.29) is 40.3 Å². The molecule has 1 unspecified atom stereocenters. The van der Waals surface area contributed by atoms with Gasteiger partial charge in [-0.3, -0.25) is 9.59 Å². The van der Waals surface area contributed by atoms with Crippen LogP contribution in [0.3, 0.4) is 0 Å². The number of ketones is 2. The first-order valence-corrected chi connectivity index (χ1v) is 16.2. The highest BCUT2D eigenvalue weighted by Crippen LogP contribution is 2.52. The van der Waals surface area contributed by atoms with Crippen molar-refractivity contribution in [1.82, 2.24) is 0 Å². The zero-order valence-electron chi connectivity index (χ0n) is 27.9. The van der Waals surface area contributed by atoms with Gasteiger partial charge in [-0.25, -0.2) is 0 Å². The number of benzene rings is 2. The van der Waals surface area contributed by atoms with Crippen LogP contribution in [0.25, 0.3) is 0 Å². The molecule has 5 heteroatoms. The van der Waals surface area contributed by atoms with E-state index in [1.807, 2.05) is 39.0 Å². The molecule has 43 heavy (non-hydrogen) atoms. The second kappa shape index (κ2) is 15.2. The molecule has 3 rings (SSSR count). The molecule has 236 valence electrons. The van der Waals surface area contributed by atoms with Gasteiger partial charge in [-0.15, -0.1) is 0 Å². The maximum absolute atomic E-state index is 14.4. The third-order valence-corrected chi connectivity index (χ3v) is 9.51. The summed E-state index contributed by atoms with van der Waals surface area (Å²) in [6.45, 7) is 22.0. The van der Waals surface area contributed by atoms with Crippen molar-refractivity contribution in [2.45, 2.75) is 111 Å². The van der Waals surface area contributed by atoms with Crippen molar-refractivity contribution in [2.24, 2.45) is 11.3 Å². The summed E-state index contributed by atoms with van der Waals surface area (Å²) in [5.41, 5.74) is 3.60. The lowest BCUT2D eigenvalue weighted by molar-refractivity contribution is -0.130. The van der Waals surface area contributed by atoms with E-state index >= 15 is 0 Å². The van der Waals surface area contributed by atoms with Crippen molar-refractivity contribution < 1.29 is 23.8 Å². The second-order valence-electron chi connectivity index (χ2n) is 13.0. The molecule has 0 bridgehead atoms. The highest BCUT2D eigenvalue weighted by Gasteiger charge is 2.47. The van der Waals surface area contributed by atoms with Gasteiger partial charge in [0.2, 0.25) is 0 Å². The highest BCUT2D eigenvalue weighted by atomic mass is 16.5. The Balaban J connectivity index is 1.95. The van der Waals surface area contributed by atoms with Crippen LogP contribution in [-0.2, 0) is 14.9 Å². The quantitative estimate of drug-likeness (QED) is 0.128. The first-order valence-electron chi connectivity index (χ1n) is 16.2. The van der Waals surface area contributed by atoms with Crippen molar-refractivity contribution in [1.29, 1.82) is 0 Å². The smallest absolute Gasteiger partial charge is 0.167 e. The predicted octanol–water partition coefficient (Wildman–Crippen LogP) is 9.28. The molecule has 0 spiro atoms. The Bertz CT molecular complexity index is 1210. The topological polar surface area (TPSA) is 61.8 Å². The van der Waals surface area contributed by atoms with Crippen LogP contribution in [0.4, 0.5) is 0 Å². The molecule has 2 atom stereocenters. The van der Waals surface area contributed by atoms with Crippen molar-refractivity contribution in [3.8, 4) is 11.5 Å². The average Bonchev–Trinajstić information content (AvgIpc) is 2.94. The summed E-state index contributed by atoms with van der Waals surface area (Å²) in [5, 5.41) is 0. The summed E-state index contributed by atoms with van der Waals surface area (Å²) in [6, 6.07) is 14.5. The number of hydrogen-bond acceptors (Lipinski definition) is 5. The number of hydrogen-bond donors (Lipinski definition) is 0. The summed E-state index contributed by atoms with van der Waals surface area (Å²) < 4.78 is 17.8. The first kappa shape index (κ1) is 34.6. The molecule has 1 aliphatic rings. The lowest BCUT2D eigenvalue weighted by atomic mass is 9.59. The van der Waals surface area contributed by atoms with Crippen LogP contribution in [-0.4, -0.2) is 37.5 Å². The molecule has 1 fully saturated rings. The van der Waals surface area contributed by atoms with Crippen LogP contribution in [0.15, 0.2) is 54.6 Å². The Morgan fingerprint density at radius 3 is 2.05 bits per heavy atom. The SMILES string of the molecule is C=C(C)C1(CC(=O)C(CCCC(C)(C)c2ccccc2)[C@H](C)c2cc(OCC)c(C(C)=O)c(OCC)c2)CC(OCC)C1. The number of Topliss-reactive ketones (excluding diaryl/α,β-unsaturated/α-hetero) is 2. The highest BCUT2D eigenvalue weighted by molar-refractivity contribution is 6.00. The molecule has 1 aliphatic carbocycles. The van der Waals surface area contributed by atoms with Crippen molar-refractivity contribution in [3.05, 3.63) is 71.3 Å². The Kier molecular flexibility index (Phi) is 12.2. The van der Waals surface area contributed by atoms with Gasteiger partial charge in [-0.2, -0.15) is 0 Å². The molecule has 0 N–H and O–H groups in total. The van der Waals surface area contributed by atoms with Crippen LogP contribution >= 0.6 is 0 Å². The largest absolute Gasteiger partial charge is 0.493 e. The fraction of sp³-hybridized carbons (Fsp3) is 0.579. The van der Waals surface area contributed by atoms with Gasteiger partial charge in [0, 0.05) is 24.4 Å². The van der Waals surface area contributed by atoms with E-state index in [2.05, 4.69) is 58.5 Å². The fourth-order valence-corrected chi connectivity index (χ4v) is 6.75. The zero-order chi connectivity index (χ0) is 31.8. The Morgan fingerprint density at radius 2 is 1.56 bits per heavy atom. The van der Waals surface area contributed by atoms with Crippen molar-refractivity contribution in [2.75, 3.05) is 19.8 Å². The van der Waals surface area contributed by atoms with Crippen LogP contribution in [0.1, 0.15) is 121 Å². The second-order valence-corrected chi connectivity index (χ2v) is 13.0. The van der Waals surface area contributed by atoms with E-state index in [1.54, 1.807) is 0 Å². The molecule has 0 heterocycles. The van der Waals surface area contributed by atoms with Gasteiger partial charge < -0.3 is 14.2 Å². The molecule has 2 aromatic rings. The number of allylic oxidation sites excluding steroid dienone is 1.